The van der Waals surface area contributed by atoms with Crippen LogP contribution in [-0.2, 0) is 16.3 Å². The summed E-state index contributed by atoms with van der Waals surface area (Å²) in [5, 5.41) is 14.2. The highest BCUT2D eigenvalue weighted by molar-refractivity contribution is 7.90. The number of hydrogen-bond acceptors (Lipinski definition) is 6. The molecule has 1 aliphatic heterocycles. The van der Waals surface area contributed by atoms with Crippen molar-refractivity contribution in [2.75, 3.05) is 29.6 Å². The summed E-state index contributed by atoms with van der Waals surface area (Å²) in [7, 11) is -3.68. The third-order valence-electron chi connectivity index (χ3n) is 4.59. The molecule has 2 aromatic carbocycles. The molecule has 3 rings (SSSR count). The van der Waals surface area contributed by atoms with Gasteiger partial charge in [0.15, 0.2) is 9.84 Å². The number of nitro groups is 1. The minimum atomic E-state index is -3.68. The SMILES string of the molecule is CC1Cc2ccccc2N1CCNc1ccc([N+](=O)[O-])c(S(C)(=O)=O)c1. The van der Waals surface area contributed by atoms with Crippen molar-refractivity contribution >= 4 is 26.9 Å². The Kier molecular flexibility index (Phi) is 4.86. The standard InChI is InChI=1S/C18H21N3O4S/c1-13-11-14-5-3-4-6-16(14)20(13)10-9-19-15-7-8-17(21(22)23)18(12-15)26(2,24)25/h3-8,12-13,19H,9-11H2,1-2H3. The van der Waals surface area contributed by atoms with Crippen molar-refractivity contribution in [1.82, 2.24) is 0 Å². The molecule has 1 unspecified atom stereocenters. The maximum Gasteiger partial charge on any atom is 0.288 e. The van der Waals surface area contributed by atoms with Gasteiger partial charge >= 0.3 is 0 Å². The zero-order valence-electron chi connectivity index (χ0n) is 14.7. The fraction of sp³-hybridized carbons (Fsp3) is 0.333. The number of para-hydroxylation sites is 1. The second kappa shape index (κ2) is 6.95. The topological polar surface area (TPSA) is 92.5 Å². The fourth-order valence-electron chi connectivity index (χ4n) is 3.36. The first-order chi connectivity index (χ1) is 12.3. The first-order valence-corrected chi connectivity index (χ1v) is 10.2. The molecule has 1 atom stereocenters. The normalized spacial score (nSPS) is 16.4. The quantitative estimate of drug-likeness (QED) is 0.616. The molecule has 0 radical (unpaired) electrons. The van der Waals surface area contributed by atoms with Gasteiger partial charge in [-0.3, -0.25) is 10.1 Å². The number of fused-ring (bicyclic) bond motifs is 1. The highest BCUT2D eigenvalue weighted by Gasteiger charge is 2.25. The van der Waals surface area contributed by atoms with E-state index in [0.29, 0.717) is 18.3 Å². The average Bonchev–Trinajstić information content (AvgIpc) is 2.89. The second-order valence-corrected chi connectivity index (χ2v) is 8.50. The van der Waals surface area contributed by atoms with Gasteiger partial charge in [0, 0.05) is 42.8 Å². The molecule has 0 amide bonds. The highest BCUT2D eigenvalue weighted by atomic mass is 32.2. The lowest BCUT2D eigenvalue weighted by Gasteiger charge is -2.25. The molecular weight excluding hydrogens is 354 g/mol. The van der Waals surface area contributed by atoms with Crippen LogP contribution in [0.15, 0.2) is 47.4 Å². The molecule has 0 saturated carbocycles. The predicted octanol–water partition coefficient (Wildman–Crippen LogP) is 2.86. The number of hydrogen-bond donors (Lipinski definition) is 1. The van der Waals surface area contributed by atoms with Crippen LogP contribution in [0.1, 0.15) is 12.5 Å². The van der Waals surface area contributed by atoms with E-state index in [2.05, 4.69) is 29.3 Å². The zero-order chi connectivity index (χ0) is 18.9. The Hall–Kier alpha value is -2.61. The Morgan fingerprint density at radius 3 is 2.69 bits per heavy atom. The number of nitrogens with one attached hydrogen (secondary N) is 1. The lowest BCUT2D eigenvalue weighted by molar-refractivity contribution is -0.387. The molecule has 0 saturated heterocycles. The second-order valence-electron chi connectivity index (χ2n) is 6.51. The summed E-state index contributed by atoms with van der Waals surface area (Å²) in [4.78, 5) is 12.4. The van der Waals surface area contributed by atoms with Crippen molar-refractivity contribution in [2.45, 2.75) is 24.3 Å². The van der Waals surface area contributed by atoms with Crippen molar-refractivity contribution < 1.29 is 13.3 Å². The highest BCUT2D eigenvalue weighted by Crippen LogP contribution is 2.31. The molecule has 0 fully saturated rings. The van der Waals surface area contributed by atoms with Gasteiger partial charge in [0.05, 0.1) is 4.92 Å². The van der Waals surface area contributed by atoms with Gasteiger partial charge in [-0.05, 0) is 37.1 Å². The summed E-state index contributed by atoms with van der Waals surface area (Å²) in [5.41, 5.74) is 2.70. The van der Waals surface area contributed by atoms with Crippen LogP contribution in [0.25, 0.3) is 0 Å². The largest absolute Gasteiger partial charge is 0.383 e. The Labute approximate surface area is 152 Å². The molecule has 1 heterocycles. The van der Waals surface area contributed by atoms with Crippen LogP contribution < -0.4 is 10.2 Å². The molecule has 0 aliphatic carbocycles. The van der Waals surface area contributed by atoms with Gasteiger partial charge < -0.3 is 10.2 Å². The third kappa shape index (κ3) is 3.65. The maximum absolute atomic E-state index is 11.8. The lowest BCUT2D eigenvalue weighted by atomic mass is 10.1. The van der Waals surface area contributed by atoms with Crippen LogP contribution in [0, 0.1) is 10.1 Å². The third-order valence-corrected chi connectivity index (χ3v) is 5.71. The van der Waals surface area contributed by atoms with Gasteiger partial charge in [-0.25, -0.2) is 8.42 Å². The monoisotopic (exact) mass is 375 g/mol. The van der Waals surface area contributed by atoms with Crippen LogP contribution in [-0.4, -0.2) is 38.7 Å². The van der Waals surface area contributed by atoms with Gasteiger partial charge in [0.2, 0.25) is 0 Å². The van der Waals surface area contributed by atoms with Crippen molar-refractivity contribution in [3.63, 3.8) is 0 Å². The van der Waals surface area contributed by atoms with E-state index in [4.69, 9.17) is 0 Å². The van der Waals surface area contributed by atoms with Crippen LogP contribution in [0.4, 0.5) is 17.1 Å². The number of nitrogens with zero attached hydrogens (tertiary/aromatic N) is 2. The molecule has 0 bridgehead atoms. The fourth-order valence-corrected chi connectivity index (χ4v) is 4.23. The minimum Gasteiger partial charge on any atom is -0.383 e. The molecule has 2 aromatic rings. The van der Waals surface area contributed by atoms with Crippen molar-refractivity contribution in [3.8, 4) is 0 Å². The zero-order valence-corrected chi connectivity index (χ0v) is 15.5. The summed E-state index contributed by atoms with van der Waals surface area (Å²) >= 11 is 0. The van der Waals surface area contributed by atoms with E-state index in [9.17, 15) is 18.5 Å². The molecule has 7 nitrogen and oxygen atoms in total. The van der Waals surface area contributed by atoms with Crippen molar-refractivity contribution in [2.24, 2.45) is 0 Å². The van der Waals surface area contributed by atoms with Crippen LogP contribution in [0.2, 0.25) is 0 Å². The number of sulfone groups is 1. The summed E-state index contributed by atoms with van der Waals surface area (Å²) in [6, 6.07) is 12.8. The Morgan fingerprint density at radius 1 is 1.27 bits per heavy atom. The first kappa shape index (κ1) is 18.2. The molecule has 8 heteroatoms. The summed E-state index contributed by atoms with van der Waals surface area (Å²) in [5.74, 6) is 0. The van der Waals surface area contributed by atoms with E-state index in [-0.39, 0.29) is 4.90 Å². The van der Waals surface area contributed by atoms with E-state index >= 15 is 0 Å². The number of anilines is 2. The van der Waals surface area contributed by atoms with Gasteiger partial charge in [-0.15, -0.1) is 0 Å². The van der Waals surface area contributed by atoms with Gasteiger partial charge in [-0.1, -0.05) is 18.2 Å². The number of nitro benzene ring substituents is 1. The molecular formula is C18H21N3O4S. The van der Waals surface area contributed by atoms with E-state index in [1.165, 1.54) is 29.4 Å². The molecule has 0 aromatic heterocycles. The predicted molar refractivity (Wildman–Crippen MR) is 102 cm³/mol. The minimum absolute atomic E-state index is 0.271. The Bertz CT molecular complexity index is 943. The van der Waals surface area contributed by atoms with E-state index < -0.39 is 20.4 Å². The van der Waals surface area contributed by atoms with Crippen LogP contribution in [0.5, 0.6) is 0 Å². The first-order valence-electron chi connectivity index (χ1n) is 8.34. The maximum atomic E-state index is 11.8. The van der Waals surface area contributed by atoms with Gasteiger partial charge in [0.25, 0.3) is 5.69 Å². The van der Waals surface area contributed by atoms with Gasteiger partial charge in [0.1, 0.15) is 4.90 Å². The summed E-state index contributed by atoms with van der Waals surface area (Å²) < 4.78 is 23.7. The van der Waals surface area contributed by atoms with Crippen LogP contribution >= 0.6 is 0 Å². The van der Waals surface area contributed by atoms with Crippen LogP contribution in [0.3, 0.4) is 0 Å². The summed E-state index contributed by atoms with van der Waals surface area (Å²) in [6.07, 6.45) is 1.98. The Morgan fingerprint density at radius 2 is 2.00 bits per heavy atom. The smallest absolute Gasteiger partial charge is 0.288 e. The molecule has 138 valence electrons. The summed E-state index contributed by atoms with van der Waals surface area (Å²) in [6.45, 7) is 3.52. The molecule has 0 spiro atoms. The molecule has 26 heavy (non-hydrogen) atoms. The van der Waals surface area contributed by atoms with Crippen molar-refractivity contribution in [3.05, 3.63) is 58.1 Å². The number of rotatable bonds is 6. The van der Waals surface area contributed by atoms with E-state index in [1.54, 1.807) is 0 Å². The van der Waals surface area contributed by atoms with E-state index in [0.717, 1.165) is 19.2 Å². The number of benzene rings is 2. The Balaban J connectivity index is 1.72. The van der Waals surface area contributed by atoms with E-state index in [1.807, 2.05) is 12.1 Å². The lowest BCUT2D eigenvalue weighted by Crippen LogP contribution is -2.33. The molecule has 1 N–H and O–H groups in total. The molecule has 1 aliphatic rings. The van der Waals surface area contributed by atoms with Gasteiger partial charge in [-0.2, -0.15) is 0 Å². The average molecular weight is 375 g/mol. The van der Waals surface area contributed by atoms with Crippen molar-refractivity contribution in [1.29, 1.82) is 0 Å².